The molecule has 1 saturated heterocycles. The van der Waals surface area contributed by atoms with E-state index in [4.69, 9.17) is 4.74 Å². The molecule has 0 bridgehead atoms. The van der Waals surface area contributed by atoms with Gasteiger partial charge in [-0.2, -0.15) is 0 Å². The van der Waals surface area contributed by atoms with E-state index in [1.165, 1.54) is 12.7 Å². The minimum atomic E-state index is -0.297. The van der Waals surface area contributed by atoms with Crippen molar-refractivity contribution in [1.29, 1.82) is 0 Å². The molecule has 2 aliphatic heterocycles. The van der Waals surface area contributed by atoms with E-state index in [-0.39, 0.29) is 24.0 Å². The highest BCUT2D eigenvalue weighted by atomic mass is 16.5. The standard InChI is InChI=1S/C18H25N3O3/c1-24-13-17(23)21-10-7-18(8-11-21)12-16(22)19-9-6-14-4-2-3-5-15(14)20-18/h2-5,20H,6-13H2,1H3,(H,19,22). The SMILES string of the molecule is COCC(=O)N1CCC2(CC1)CC(=O)NCCc1ccccc1N2. The quantitative estimate of drug-likeness (QED) is 0.853. The zero-order valence-corrected chi connectivity index (χ0v) is 14.1. The first-order chi connectivity index (χ1) is 11.6. The van der Waals surface area contributed by atoms with Gasteiger partial charge in [-0.25, -0.2) is 0 Å². The van der Waals surface area contributed by atoms with Crippen molar-refractivity contribution < 1.29 is 14.3 Å². The van der Waals surface area contributed by atoms with Gasteiger partial charge in [0.05, 0.1) is 0 Å². The maximum Gasteiger partial charge on any atom is 0.248 e. The van der Waals surface area contributed by atoms with E-state index in [1.807, 2.05) is 17.0 Å². The van der Waals surface area contributed by atoms with Crippen LogP contribution in [0.3, 0.4) is 0 Å². The number of amides is 2. The Labute approximate surface area is 142 Å². The van der Waals surface area contributed by atoms with Crippen LogP contribution in [-0.4, -0.2) is 55.6 Å². The molecule has 2 N–H and O–H groups in total. The summed E-state index contributed by atoms with van der Waals surface area (Å²) in [5.74, 6) is 0.0900. The monoisotopic (exact) mass is 331 g/mol. The number of fused-ring (bicyclic) bond motifs is 1. The second-order valence-electron chi connectivity index (χ2n) is 6.65. The maximum atomic E-state index is 12.3. The summed E-state index contributed by atoms with van der Waals surface area (Å²) in [7, 11) is 1.53. The zero-order chi connectivity index (χ0) is 17.0. The van der Waals surface area contributed by atoms with Crippen LogP contribution in [0.1, 0.15) is 24.8 Å². The lowest BCUT2D eigenvalue weighted by molar-refractivity contribution is -0.136. The van der Waals surface area contributed by atoms with Crippen molar-refractivity contribution in [1.82, 2.24) is 10.2 Å². The Kier molecular flexibility index (Phi) is 5.04. The smallest absolute Gasteiger partial charge is 0.248 e. The van der Waals surface area contributed by atoms with Crippen LogP contribution in [0.15, 0.2) is 24.3 Å². The number of rotatable bonds is 2. The summed E-state index contributed by atoms with van der Waals surface area (Å²) < 4.78 is 4.94. The molecule has 0 atom stereocenters. The third-order valence-corrected chi connectivity index (χ3v) is 4.97. The van der Waals surface area contributed by atoms with Crippen molar-refractivity contribution in [2.45, 2.75) is 31.2 Å². The Balaban J connectivity index is 1.78. The number of benzene rings is 1. The van der Waals surface area contributed by atoms with E-state index >= 15 is 0 Å². The molecule has 0 aliphatic carbocycles. The fourth-order valence-corrected chi connectivity index (χ4v) is 3.60. The van der Waals surface area contributed by atoms with Gasteiger partial charge in [0.15, 0.2) is 0 Å². The first-order valence-corrected chi connectivity index (χ1v) is 8.51. The Bertz CT molecular complexity index is 609. The molecule has 1 aromatic carbocycles. The van der Waals surface area contributed by atoms with Crippen molar-refractivity contribution in [2.75, 3.05) is 38.7 Å². The van der Waals surface area contributed by atoms with E-state index in [1.54, 1.807) is 0 Å². The van der Waals surface area contributed by atoms with Crippen molar-refractivity contribution in [3.63, 3.8) is 0 Å². The molecular formula is C18H25N3O3. The Morgan fingerprint density at radius 2 is 2.04 bits per heavy atom. The highest BCUT2D eigenvalue weighted by molar-refractivity contribution is 5.79. The number of methoxy groups -OCH3 is 1. The van der Waals surface area contributed by atoms with Crippen LogP contribution in [0.4, 0.5) is 5.69 Å². The summed E-state index contributed by atoms with van der Waals surface area (Å²) in [5, 5.41) is 6.66. The third-order valence-electron chi connectivity index (χ3n) is 4.97. The van der Waals surface area contributed by atoms with E-state index in [0.29, 0.717) is 26.1 Å². The third kappa shape index (κ3) is 3.70. The number of para-hydroxylation sites is 1. The molecule has 2 aliphatic rings. The largest absolute Gasteiger partial charge is 0.379 e. The van der Waals surface area contributed by atoms with Gasteiger partial charge in [-0.3, -0.25) is 9.59 Å². The lowest BCUT2D eigenvalue weighted by Gasteiger charge is -2.42. The number of ether oxygens (including phenoxy) is 1. The van der Waals surface area contributed by atoms with Gasteiger partial charge in [-0.1, -0.05) is 18.2 Å². The zero-order valence-electron chi connectivity index (χ0n) is 14.1. The first-order valence-electron chi connectivity index (χ1n) is 8.51. The lowest BCUT2D eigenvalue weighted by Crippen LogP contribution is -2.53. The number of nitrogens with zero attached hydrogens (tertiary/aromatic N) is 1. The van der Waals surface area contributed by atoms with Gasteiger partial charge in [0.2, 0.25) is 11.8 Å². The minimum Gasteiger partial charge on any atom is -0.379 e. The molecule has 2 heterocycles. The maximum absolute atomic E-state index is 12.3. The van der Waals surface area contributed by atoms with E-state index in [9.17, 15) is 9.59 Å². The predicted molar refractivity (Wildman–Crippen MR) is 91.8 cm³/mol. The van der Waals surface area contributed by atoms with Crippen LogP contribution < -0.4 is 10.6 Å². The average Bonchev–Trinajstić information content (AvgIpc) is 2.63. The minimum absolute atomic E-state index is 0.0141. The van der Waals surface area contributed by atoms with Gasteiger partial charge < -0.3 is 20.3 Å². The Hall–Kier alpha value is -2.08. The van der Waals surface area contributed by atoms with Gasteiger partial charge in [0, 0.05) is 44.4 Å². The van der Waals surface area contributed by atoms with Gasteiger partial charge >= 0.3 is 0 Å². The average molecular weight is 331 g/mol. The summed E-state index contributed by atoms with van der Waals surface area (Å²) in [6.45, 7) is 2.06. The van der Waals surface area contributed by atoms with Crippen LogP contribution in [0, 0.1) is 0 Å². The molecule has 24 heavy (non-hydrogen) atoms. The topological polar surface area (TPSA) is 70.7 Å². The molecule has 0 unspecified atom stereocenters. The lowest BCUT2D eigenvalue weighted by atomic mass is 9.83. The molecule has 6 nitrogen and oxygen atoms in total. The summed E-state index contributed by atoms with van der Waals surface area (Å²) in [6, 6.07) is 8.23. The highest BCUT2D eigenvalue weighted by Crippen LogP contribution is 2.32. The fraction of sp³-hybridized carbons (Fsp3) is 0.556. The van der Waals surface area contributed by atoms with Gasteiger partial charge in [-0.05, 0) is 30.9 Å². The Morgan fingerprint density at radius 1 is 1.29 bits per heavy atom. The second kappa shape index (κ2) is 7.21. The van der Waals surface area contributed by atoms with E-state index in [0.717, 1.165) is 24.9 Å². The van der Waals surface area contributed by atoms with E-state index in [2.05, 4.69) is 22.8 Å². The summed E-state index contributed by atoms with van der Waals surface area (Å²) >= 11 is 0. The van der Waals surface area contributed by atoms with Gasteiger partial charge in [0.1, 0.15) is 6.61 Å². The van der Waals surface area contributed by atoms with Crippen LogP contribution in [0.25, 0.3) is 0 Å². The predicted octanol–water partition coefficient (Wildman–Crippen LogP) is 1.17. The molecule has 6 heteroatoms. The molecule has 2 amide bonds. The highest BCUT2D eigenvalue weighted by Gasteiger charge is 2.38. The molecule has 1 aromatic rings. The fourth-order valence-electron chi connectivity index (χ4n) is 3.60. The van der Waals surface area contributed by atoms with Crippen LogP contribution in [0.5, 0.6) is 0 Å². The second-order valence-corrected chi connectivity index (χ2v) is 6.65. The molecule has 0 aromatic heterocycles. The van der Waals surface area contributed by atoms with Crippen molar-refractivity contribution in [3.05, 3.63) is 29.8 Å². The normalized spacial score (nSPS) is 20.2. The van der Waals surface area contributed by atoms with Crippen molar-refractivity contribution >= 4 is 17.5 Å². The molecule has 0 radical (unpaired) electrons. The van der Waals surface area contributed by atoms with Crippen LogP contribution >= 0.6 is 0 Å². The number of anilines is 1. The van der Waals surface area contributed by atoms with Crippen molar-refractivity contribution in [3.8, 4) is 0 Å². The van der Waals surface area contributed by atoms with Crippen molar-refractivity contribution in [2.24, 2.45) is 0 Å². The molecule has 130 valence electrons. The first kappa shape index (κ1) is 16.8. The summed E-state index contributed by atoms with van der Waals surface area (Å²) in [6.07, 6.45) is 2.77. The van der Waals surface area contributed by atoms with Crippen LogP contribution in [-0.2, 0) is 20.7 Å². The molecule has 1 fully saturated rings. The molecule has 0 saturated carbocycles. The van der Waals surface area contributed by atoms with Crippen LogP contribution in [0.2, 0.25) is 0 Å². The number of nitrogens with one attached hydrogen (secondary N) is 2. The number of carbonyl (C=O) groups excluding carboxylic acids is 2. The number of carbonyl (C=O) groups is 2. The number of hydrogen-bond acceptors (Lipinski definition) is 4. The molecule has 3 rings (SSSR count). The summed E-state index contributed by atoms with van der Waals surface area (Å²) in [5.41, 5.74) is 2.02. The molecular weight excluding hydrogens is 306 g/mol. The summed E-state index contributed by atoms with van der Waals surface area (Å²) in [4.78, 5) is 26.1. The van der Waals surface area contributed by atoms with Gasteiger partial charge in [-0.15, -0.1) is 0 Å². The van der Waals surface area contributed by atoms with E-state index < -0.39 is 0 Å². The molecule has 1 spiro atoms. The van der Waals surface area contributed by atoms with Gasteiger partial charge in [0.25, 0.3) is 0 Å². The number of hydrogen-bond donors (Lipinski definition) is 2. The number of piperidine rings is 1. The number of likely N-dealkylation sites (tertiary alicyclic amines) is 1. The Morgan fingerprint density at radius 3 is 2.79 bits per heavy atom.